The van der Waals surface area contributed by atoms with Gasteiger partial charge in [-0.1, -0.05) is 22.6 Å². The normalized spacial score (nSPS) is 10.0. The van der Waals surface area contributed by atoms with Crippen LogP contribution in [0.5, 0.6) is 0 Å². The van der Waals surface area contributed by atoms with Gasteiger partial charge in [0.1, 0.15) is 0 Å². The van der Waals surface area contributed by atoms with Gasteiger partial charge < -0.3 is 0 Å². The Kier molecular flexibility index (Phi) is 2.91. The molecule has 0 saturated carbocycles. The first kappa shape index (κ1) is 7.47. The van der Waals surface area contributed by atoms with E-state index >= 15 is 0 Å². The van der Waals surface area contributed by atoms with E-state index < -0.39 is 0 Å². The summed E-state index contributed by atoms with van der Waals surface area (Å²) in [6.07, 6.45) is 1.12. The fourth-order valence-electron chi connectivity index (χ4n) is 0.620. The fourth-order valence-corrected chi connectivity index (χ4v) is 1.82. The SMILES string of the molecule is Cc1nc(CCI)cs1. The van der Waals surface area contributed by atoms with Gasteiger partial charge in [0.2, 0.25) is 0 Å². The number of hydrogen-bond donors (Lipinski definition) is 0. The van der Waals surface area contributed by atoms with Crippen molar-refractivity contribution in [3.8, 4) is 0 Å². The number of nitrogens with zero attached hydrogens (tertiary/aromatic N) is 1. The molecule has 0 saturated heterocycles. The first-order valence-electron chi connectivity index (χ1n) is 2.80. The van der Waals surface area contributed by atoms with Gasteiger partial charge in [0.05, 0.1) is 10.7 Å². The van der Waals surface area contributed by atoms with Crippen LogP contribution in [0.1, 0.15) is 10.7 Å². The average Bonchev–Trinajstić information content (AvgIpc) is 2.17. The smallest absolute Gasteiger partial charge is 0.0897 e. The lowest BCUT2D eigenvalue weighted by atomic mass is 10.4. The van der Waals surface area contributed by atoms with Crippen LogP contribution in [0.15, 0.2) is 5.38 Å². The summed E-state index contributed by atoms with van der Waals surface area (Å²) in [4.78, 5) is 4.31. The van der Waals surface area contributed by atoms with Crippen LogP contribution >= 0.6 is 33.9 Å². The third-order valence-electron chi connectivity index (χ3n) is 1.02. The van der Waals surface area contributed by atoms with Crippen LogP contribution in [0.4, 0.5) is 0 Å². The van der Waals surface area contributed by atoms with Crippen molar-refractivity contribution >= 4 is 33.9 Å². The highest BCUT2D eigenvalue weighted by Crippen LogP contribution is 2.08. The van der Waals surface area contributed by atoms with E-state index in [2.05, 4.69) is 33.0 Å². The number of thiazole rings is 1. The van der Waals surface area contributed by atoms with Gasteiger partial charge in [0, 0.05) is 9.81 Å². The van der Waals surface area contributed by atoms with E-state index in [-0.39, 0.29) is 0 Å². The summed E-state index contributed by atoms with van der Waals surface area (Å²) >= 11 is 4.09. The van der Waals surface area contributed by atoms with Crippen molar-refractivity contribution in [3.63, 3.8) is 0 Å². The van der Waals surface area contributed by atoms with Crippen LogP contribution in [0.2, 0.25) is 0 Å². The predicted octanol–water partition coefficient (Wildman–Crippen LogP) is 2.43. The van der Waals surface area contributed by atoms with Crippen molar-refractivity contribution in [2.45, 2.75) is 13.3 Å². The molecule has 0 unspecified atom stereocenters. The minimum atomic E-state index is 1.12. The second-order valence-corrected chi connectivity index (χ2v) is 3.94. The molecule has 9 heavy (non-hydrogen) atoms. The number of aromatic nitrogens is 1. The van der Waals surface area contributed by atoms with Crippen molar-refractivity contribution in [3.05, 3.63) is 16.1 Å². The maximum atomic E-state index is 4.31. The molecule has 0 aromatic carbocycles. The largest absolute Gasteiger partial charge is 0.247 e. The highest BCUT2D eigenvalue weighted by molar-refractivity contribution is 14.1. The molecule has 0 N–H and O–H groups in total. The van der Waals surface area contributed by atoms with Crippen molar-refractivity contribution < 1.29 is 0 Å². The molecule has 0 spiro atoms. The molecule has 0 atom stereocenters. The van der Waals surface area contributed by atoms with Crippen LogP contribution in [-0.2, 0) is 6.42 Å². The maximum absolute atomic E-state index is 4.31. The Labute approximate surface area is 72.6 Å². The van der Waals surface area contributed by atoms with Crippen molar-refractivity contribution in [2.75, 3.05) is 4.43 Å². The monoisotopic (exact) mass is 253 g/mol. The second kappa shape index (κ2) is 3.51. The first-order chi connectivity index (χ1) is 4.33. The Bertz CT molecular complexity index is 185. The minimum Gasteiger partial charge on any atom is -0.247 e. The van der Waals surface area contributed by atoms with Gasteiger partial charge in [-0.05, 0) is 13.3 Å². The minimum absolute atomic E-state index is 1.12. The Hall–Kier alpha value is 0.360. The zero-order valence-corrected chi connectivity index (χ0v) is 8.20. The Morgan fingerprint density at radius 3 is 3.00 bits per heavy atom. The Balaban J connectivity index is 2.61. The van der Waals surface area contributed by atoms with Gasteiger partial charge in [0.25, 0.3) is 0 Å². The fraction of sp³-hybridized carbons (Fsp3) is 0.500. The van der Waals surface area contributed by atoms with Crippen molar-refractivity contribution in [1.29, 1.82) is 0 Å². The van der Waals surface area contributed by atoms with E-state index in [1.807, 2.05) is 6.92 Å². The van der Waals surface area contributed by atoms with Crippen LogP contribution in [0.3, 0.4) is 0 Å². The van der Waals surface area contributed by atoms with E-state index in [1.165, 1.54) is 15.1 Å². The number of halogens is 1. The lowest BCUT2D eigenvalue weighted by molar-refractivity contribution is 1.07. The summed E-state index contributed by atoms with van der Waals surface area (Å²) < 4.78 is 1.17. The van der Waals surface area contributed by atoms with Crippen LogP contribution < -0.4 is 0 Å². The molecule has 1 aromatic rings. The van der Waals surface area contributed by atoms with Crippen LogP contribution in [0.25, 0.3) is 0 Å². The van der Waals surface area contributed by atoms with Gasteiger partial charge in [-0.15, -0.1) is 11.3 Å². The van der Waals surface area contributed by atoms with Gasteiger partial charge in [0.15, 0.2) is 0 Å². The maximum Gasteiger partial charge on any atom is 0.0897 e. The van der Waals surface area contributed by atoms with Crippen molar-refractivity contribution in [2.24, 2.45) is 0 Å². The molecule has 0 bridgehead atoms. The van der Waals surface area contributed by atoms with Crippen molar-refractivity contribution in [1.82, 2.24) is 4.98 Å². The summed E-state index contributed by atoms with van der Waals surface area (Å²) in [5, 5.41) is 3.31. The zero-order valence-electron chi connectivity index (χ0n) is 5.22. The quantitative estimate of drug-likeness (QED) is 0.582. The molecule has 0 fully saturated rings. The van der Waals surface area contributed by atoms with E-state index in [9.17, 15) is 0 Å². The predicted molar refractivity (Wildman–Crippen MR) is 49.4 cm³/mol. The number of aryl methyl sites for hydroxylation is 2. The summed E-state index contributed by atoms with van der Waals surface area (Å²) in [6, 6.07) is 0. The van der Waals surface area contributed by atoms with E-state index in [4.69, 9.17) is 0 Å². The van der Waals surface area contributed by atoms with Gasteiger partial charge in [-0.3, -0.25) is 0 Å². The number of alkyl halides is 1. The van der Waals surface area contributed by atoms with Crippen LogP contribution in [-0.4, -0.2) is 9.41 Å². The Morgan fingerprint density at radius 1 is 1.78 bits per heavy atom. The molecule has 0 aliphatic heterocycles. The third-order valence-corrected chi connectivity index (χ3v) is 2.38. The summed E-state index contributed by atoms with van der Waals surface area (Å²) in [5.74, 6) is 0. The topological polar surface area (TPSA) is 12.9 Å². The lowest BCUT2D eigenvalue weighted by Crippen LogP contribution is -1.84. The standard InChI is InChI=1S/C6H8INS/c1-5-8-6(2-3-7)4-9-5/h4H,2-3H2,1H3. The average molecular weight is 253 g/mol. The van der Waals surface area contributed by atoms with E-state index in [1.54, 1.807) is 11.3 Å². The lowest BCUT2D eigenvalue weighted by Gasteiger charge is -1.84. The number of rotatable bonds is 2. The van der Waals surface area contributed by atoms with Crippen LogP contribution in [0, 0.1) is 6.92 Å². The summed E-state index contributed by atoms with van der Waals surface area (Å²) in [5.41, 5.74) is 1.24. The number of hydrogen-bond acceptors (Lipinski definition) is 2. The molecule has 0 amide bonds. The summed E-state index contributed by atoms with van der Waals surface area (Å²) in [7, 11) is 0. The first-order valence-corrected chi connectivity index (χ1v) is 5.20. The highest BCUT2D eigenvalue weighted by Gasteiger charge is 1.94. The molecule has 1 rings (SSSR count). The highest BCUT2D eigenvalue weighted by atomic mass is 127. The molecule has 1 heterocycles. The van der Waals surface area contributed by atoms with Gasteiger partial charge >= 0.3 is 0 Å². The van der Waals surface area contributed by atoms with Gasteiger partial charge in [-0.25, -0.2) is 4.98 Å². The second-order valence-electron chi connectivity index (χ2n) is 1.80. The zero-order chi connectivity index (χ0) is 6.69. The van der Waals surface area contributed by atoms with E-state index in [0.717, 1.165) is 6.42 Å². The molecule has 0 radical (unpaired) electrons. The molecule has 50 valence electrons. The van der Waals surface area contributed by atoms with Gasteiger partial charge in [-0.2, -0.15) is 0 Å². The molecule has 0 aliphatic rings. The molecular weight excluding hydrogens is 245 g/mol. The summed E-state index contributed by atoms with van der Waals surface area (Å²) in [6.45, 7) is 2.04. The Morgan fingerprint density at radius 2 is 2.56 bits per heavy atom. The molecule has 0 aliphatic carbocycles. The molecule has 1 aromatic heterocycles. The molecule has 3 heteroatoms. The third kappa shape index (κ3) is 2.21. The molecular formula is C6H8INS. The molecule has 1 nitrogen and oxygen atoms in total. The van der Waals surface area contributed by atoms with E-state index in [0.29, 0.717) is 0 Å².